The van der Waals surface area contributed by atoms with E-state index in [4.69, 9.17) is 11.6 Å². The van der Waals surface area contributed by atoms with Gasteiger partial charge in [-0.15, -0.1) is 12.7 Å². The monoisotopic (exact) mass is 431 g/mol. The van der Waals surface area contributed by atoms with Gasteiger partial charge in [0, 0.05) is 24.0 Å². The van der Waals surface area contributed by atoms with Crippen molar-refractivity contribution in [2.75, 3.05) is 14.1 Å². The molecule has 0 radical (unpaired) electrons. The lowest BCUT2D eigenvalue weighted by molar-refractivity contribution is -0.289. The lowest BCUT2D eigenvalue weighted by Gasteiger charge is -2.40. The van der Waals surface area contributed by atoms with Crippen LogP contribution < -0.4 is 0 Å². The molecular weight excluding hydrogens is 407 g/mol. The van der Waals surface area contributed by atoms with E-state index in [-0.39, 0.29) is 21.8 Å². The molecule has 0 unspecified atom stereocenters. The van der Waals surface area contributed by atoms with Crippen LogP contribution in [0.1, 0.15) is 61.9 Å². The third-order valence-corrected chi connectivity index (χ3v) is 9.16. The zero-order valence-corrected chi connectivity index (χ0v) is 18.2. The summed E-state index contributed by atoms with van der Waals surface area (Å²) < 4.78 is 38.4. The molecule has 0 N–H and O–H groups in total. The summed E-state index contributed by atoms with van der Waals surface area (Å²) in [6, 6.07) is 2.27. The van der Waals surface area contributed by atoms with Crippen LogP contribution in [0.4, 0.5) is 4.39 Å². The van der Waals surface area contributed by atoms with Gasteiger partial charge in [0.1, 0.15) is 11.4 Å². The molecule has 1 amide bonds. The van der Waals surface area contributed by atoms with Gasteiger partial charge in [-0.2, -0.15) is 0 Å². The van der Waals surface area contributed by atoms with Gasteiger partial charge in [-0.1, -0.05) is 32.4 Å². The standard InChI is InChI=1S/C19H25ClFN2O4S/c1-18(2)11-6-7-19(18,3)14(8-11)12-10-16(21)13(9-15(12)20)17(24)23(25)28(26,27)22(4)5/h9-11,14H,6-8H2,1-5H3/q+1/t11-,14-,19-/m0/s1. The Hall–Kier alpha value is -1.38. The highest BCUT2D eigenvalue weighted by molar-refractivity contribution is 7.83. The van der Waals surface area contributed by atoms with E-state index in [9.17, 15) is 22.5 Å². The number of halogens is 2. The molecular formula is C19H25ClFN2O4S+. The first-order valence-electron chi connectivity index (χ1n) is 9.18. The second-order valence-corrected chi connectivity index (χ2v) is 11.2. The van der Waals surface area contributed by atoms with Gasteiger partial charge in [0.05, 0.1) is 0 Å². The minimum Gasteiger partial charge on any atom is -0.208 e. The SMILES string of the molecule is CN(C)S(=O)(=O)[N+](=O)C(=O)c1cc(Cl)c([C@@H]2C[C@@H]3CC[C@]2(C)C3(C)C)cc1F. The topological polar surface area (TPSA) is 74.5 Å². The summed E-state index contributed by atoms with van der Waals surface area (Å²) in [4.78, 5) is 24.3. The second-order valence-electron chi connectivity index (χ2n) is 8.84. The Morgan fingerprint density at radius 2 is 1.89 bits per heavy atom. The van der Waals surface area contributed by atoms with E-state index >= 15 is 0 Å². The van der Waals surface area contributed by atoms with Gasteiger partial charge >= 0.3 is 16.1 Å². The molecule has 3 rings (SSSR count). The van der Waals surface area contributed by atoms with Gasteiger partial charge in [0.15, 0.2) is 0 Å². The maximum atomic E-state index is 14.8. The van der Waals surface area contributed by atoms with Crippen LogP contribution in [-0.2, 0) is 10.2 Å². The summed E-state index contributed by atoms with van der Waals surface area (Å²) in [5, 5.41) is 0.176. The van der Waals surface area contributed by atoms with Crippen molar-refractivity contribution >= 4 is 27.7 Å². The number of benzene rings is 1. The van der Waals surface area contributed by atoms with Gasteiger partial charge in [-0.3, -0.25) is 0 Å². The molecule has 2 bridgehead atoms. The normalized spacial score (nSPS) is 28.7. The number of rotatable bonds is 4. The van der Waals surface area contributed by atoms with Gasteiger partial charge in [0.25, 0.3) is 0 Å². The van der Waals surface area contributed by atoms with Crippen molar-refractivity contribution in [2.24, 2.45) is 16.7 Å². The van der Waals surface area contributed by atoms with Crippen molar-refractivity contribution in [3.63, 3.8) is 0 Å². The highest BCUT2D eigenvalue weighted by Gasteiger charge is 2.61. The molecule has 0 aromatic heterocycles. The van der Waals surface area contributed by atoms with Gasteiger partial charge in [-0.05, 0) is 59.6 Å². The van der Waals surface area contributed by atoms with Gasteiger partial charge < -0.3 is 0 Å². The number of fused-ring (bicyclic) bond motifs is 2. The molecule has 0 spiro atoms. The number of nitrogens with zero attached hydrogens (tertiary/aromatic N) is 2. The Kier molecular flexibility index (Phi) is 5.00. The summed E-state index contributed by atoms with van der Waals surface area (Å²) in [6.45, 7) is 6.66. The lowest BCUT2D eigenvalue weighted by atomic mass is 9.65. The lowest BCUT2D eigenvalue weighted by Crippen LogP contribution is -2.36. The molecule has 2 fully saturated rings. The molecule has 0 saturated heterocycles. The predicted molar refractivity (Wildman–Crippen MR) is 104 cm³/mol. The van der Waals surface area contributed by atoms with Crippen molar-refractivity contribution in [3.8, 4) is 0 Å². The molecule has 2 aliphatic rings. The van der Waals surface area contributed by atoms with Crippen molar-refractivity contribution in [1.82, 2.24) is 4.31 Å². The van der Waals surface area contributed by atoms with Crippen molar-refractivity contribution in [3.05, 3.63) is 39.0 Å². The third kappa shape index (κ3) is 2.83. The molecule has 0 aliphatic heterocycles. The minimum absolute atomic E-state index is 0.0428. The molecule has 28 heavy (non-hydrogen) atoms. The molecule has 1 aromatic rings. The van der Waals surface area contributed by atoms with Crippen molar-refractivity contribution < 1.29 is 21.8 Å². The molecule has 154 valence electrons. The summed E-state index contributed by atoms with van der Waals surface area (Å²) in [5.74, 6) is -1.88. The average Bonchev–Trinajstić information content (AvgIpc) is 2.95. The first-order valence-corrected chi connectivity index (χ1v) is 11.0. The predicted octanol–water partition coefficient (Wildman–Crippen LogP) is 4.13. The van der Waals surface area contributed by atoms with Crippen LogP contribution in [0.3, 0.4) is 0 Å². The molecule has 2 aliphatic carbocycles. The molecule has 0 heterocycles. The average molecular weight is 432 g/mol. The van der Waals surface area contributed by atoms with E-state index in [1.165, 1.54) is 6.07 Å². The second kappa shape index (κ2) is 6.57. The molecule has 1 aromatic carbocycles. The van der Waals surface area contributed by atoms with Crippen LogP contribution in [0.25, 0.3) is 0 Å². The van der Waals surface area contributed by atoms with Crippen LogP contribution in [0, 0.1) is 27.5 Å². The number of nitroso groups, excluding NO2 is 1. The Morgan fingerprint density at radius 1 is 1.29 bits per heavy atom. The Labute approximate surface area is 169 Å². The number of carbonyl (C=O) groups is 1. The quantitative estimate of drug-likeness (QED) is 0.671. The molecule has 2 saturated carbocycles. The summed E-state index contributed by atoms with van der Waals surface area (Å²) in [6.07, 6.45) is 3.03. The van der Waals surface area contributed by atoms with E-state index in [2.05, 4.69) is 20.8 Å². The third-order valence-electron chi connectivity index (χ3n) is 7.32. The highest BCUT2D eigenvalue weighted by atomic mass is 35.5. The minimum atomic E-state index is -4.56. The molecule has 9 heteroatoms. The maximum absolute atomic E-state index is 14.8. The summed E-state index contributed by atoms with van der Waals surface area (Å²) >= 11 is 6.40. The van der Waals surface area contributed by atoms with Gasteiger partial charge in [-0.25, -0.2) is 9.18 Å². The smallest absolute Gasteiger partial charge is 0.208 e. The molecule has 6 nitrogen and oxygen atoms in total. The first-order chi connectivity index (χ1) is 12.7. The number of hydrogen-bond acceptors (Lipinski definition) is 4. The fourth-order valence-corrected chi connectivity index (χ4v) is 5.92. The highest BCUT2D eigenvalue weighted by Crippen LogP contribution is 2.71. The van der Waals surface area contributed by atoms with Crippen LogP contribution in [0.15, 0.2) is 12.1 Å². The zero-order valence-electron chi connectivity index (χ0n) is 16.6. The van der Waals surface area contributed by atoms with E-state index in [1.807, 2.05) is 0 Å². The Bertz CT molecular complexity index is 976. The fourth-order valence-electron chi connectivity index (χ4n) is 5.02. The Balaban J connectivity index is 2.00. The summed E-state index contributed by atoms with van der Waals surface area (Å²) in [7, 11) is -2.34. The summed E-state index contributed by atoms with van der Waals surface area (Å²) in [5.41, 5.74) is 0.0125. The number of amides is 1. The van der Waals surface area contributed by atoms with Crippen molar-refractivity contribution in [2.45, 2.75) is 46.0 Å². The van der Waals surface area contributed by atoms with Crippen LogP contribution >= 0.6 is 11.6 Å². The van der Waals surface area contributed by atoms with Crippen LogP contribution in [-0.4, -0.2) is 36.9 Å². The van der Waals surface area contributed by atoms with Gasteiger partial charge in [0.2, 0.25) is 4.17 Å². The van der Waals surface area contributed by atoms with E-state index < -0.39 is 31.7 Å². The first kappa shape index (κ1) is 21.3. The van der Waals surface area contributed by atoms with Crippen LogP contribution in [0.2, 0.25) is 5.02 Å². The zero-order chi connectivity index (χ0) is 21.2. The van der Waals surface area contributed by atoms with E-state index in [0.29, 0.717) is 15.8 Å². The maximum Gasteiger partial charge on any atom is 0.495 e. The number of carbonyl (C=O) groups excluding carboxylic acids is 1. The number of hydrogen-bond donors (Lipinski definition) is 0. The van der Waals surface area contributed by atoms with E-state index in [1.54, 1.807) is 0 Å². The van der Waals surface area contributed by atoms with Crippen LogP contribution in [0.5, 0.6) is 0 Å². The largest absolute Gasteiger partial charge is 0.495 e. The van der Waals surface area contributed by atoms with E-state index in [0.717, 1.165) is 39.4 Å². The van der Waals surface area contributed by atoms with Crippen molar-refractivity contribution in [1.29, 1.82) is 0 Å². The Morgan fingerprint density at radius 3 is 2.36 bits per heavy atom. The molecule has 3 atom stereocenters. The fraction of sp³-hybridized carbons (Fsp3) is 0.632.